The number of aliphatic hydroxyl groups excluding tert-OH is 4. The van der Waals surface area contributed by atoms with E-state index >= 15 is 0 Å². The number of carbonyl (C=O) groups is 1. The normalized spacial score (nSPS) is 14.4. The standard InChI is InChI=1S/C52H97NO5/c1-3-5-7-9-11-13-15-17-19-20-21-22-23-24-25-26-27-28-29-30-32-34-36-38-40-42-44-46-50(56)52(58)53-48(47-54)51(57)49(55)45-43-41-39-37-35-33-31-18-16-14-12-10-8-6-4-2/h10,12,18,24-25,31,37,39,48-51,54-57H,3-9,11,13-17,19-23,26-30,32-36,38,40-47H2,1-2H3,(H,53,58)/b12-10+,25-24-,31-18+,39-37+. The van der Waals surface area contributed by atoms with Gasteiger partial charge in [-0.2, -0.15) is 0 Å². The highest BCUT2D eigenvalue weighted by molar-refractivity contribution is 5.80. The molecule has 0 radical (unpaired) electrons. The minimum Gasteiger partial charge on any atom is -0.394 e. The van der Waals surface area contributed by atoms with Gasteiger partial charge in [0.1, 0.15) is 12.2 Å². The van der Waals surface area contributed by atoms with Crippen molar-refractivity contribution in [3.05, 3.63) is 48.6 Å². The van der Waals surface area contributed by atoms with E-state index in [0.29, 0.717) is 19.3 Å². The number of nitrogens with one attached hydrogen (secondary N) is 1. The quantitative estimate of drug-likeness (QED) is 0.0311. The fourth-order valence-corrected chi connectivity index (χ4v) is 7.48. The number of allylic oxidation sites excluding steroid dienone is 8. The molecular formula is C52H97NO5. The number of unbranched alkanes of at least 4 members (excludes halogenated alkanes) is 28. The van der Waals surface area contributed by atoms with E-state index in [0.717, 1.165) is 51.4 Å². The van der Waals surface area contributed by atoms with Crippen molar-refractivity contribution in [3.63, 3.8) is 0 Å². The van der Waals surface area contributed by atoms with Crippen LogP contribution in [0.3, 0.4) is 0 Å². The van der Waals surface area contributed by atoms with Gasteiger partial charge in [0.25, 0.3) is 0 Å². The second kappa shape index (κ2) is 46.3. The van der Waals surface area contributed by atoms with E-state index < -0.39 is 36.9 Å². The molecule has 0 bridgehead atoms. The van der Waals surface area contributed by atoms with Gasteiger partial charge in [0, 0.05) is 0 Å². The highest BCUT2D eigenvalue weighted by atomic mass is 16.3. The Morgan fingerprint density at radius 2 is 0.741 bits per heavy atom. The predicted octanol–water partition coefficient (Wildman–Crippen LogP) is 13.9. The van der Waals surface area contributed by atoms with Crippen LogP contribution in [0.2, 0.25) is 0 Å². The van der Waals surface area contributed by atoms with Crippen molar-refractivity contribution in [3.8, 4) is 0 Å². The van der Waals surface area contributed by atoms with Crippen LogP contribution in [0, 0.1) is 0 Å². The van der Waals surface area contributed by atoms with Crippen LogP contribution in [0.15, 0.2) is 48.6 Å². The molecule has 0 rings (SSSR count). The average Bonchev–Trinajstić information content (AvgIpc) is 3.23. The van der Waals surface area contributed by atoms with Gasteiger partial charge in [-0.25, -0.2) is 0 Å². The Hall–Kier alpha value is -1.73. The highest BCUT2D eigenvalue weighted by Crippen LogP contribution is 2.16. The van der Waals surface area contributed by atoms with E-state index in [2.05, 4.69) is 67.8 Å². The highest BCUT2D eigenvalue weighted by Gasteiger charge is 2.28. The van der Waals surface area contributed by atoms with Crippen molar-refractivity contribution < 1.29 is 25.2 Å². The summed E-state index contributed by atoms with van der Waals surface area (Å²) < 4.78 is 0. The van der Waals surface area contributed by atoms with Gasteiger partial charge in [-0.3, -0.25) is 4.79 Å². The van der Waals surface area contributed by atoms with Crippen molar-refractivity contribution >= 4 is 5.91 Å². The third kappa shape index (κ3) is 39.7. The molecule has 0 aliphatic carbocycles. The van der Waals surface area contributed by atoms with E-state index in [9.17, 15) is 25.2 Å². The van der Waals surface area contributed by atoms with Crippen molar-refractivity contribution in [2.24, 2.45) is 0 Å². The molecule has 0 heterocycles. The van der Waals surface area contributed by atoms with Crippen LogP contribution >= 0.6 is 0 Å². The van der Waals surface area contributed by atoms with E-state index in [1.54, 1.807) is 0 Å². The molecule has 0 fully saturated rings. The first-order valence-electron chi connectivity index (χ1n) is 25.0. The Morgan fingerprint density at radius 1 is 0.414 bits per heavy atom. The lowest BCUT2D eigenvalue weighted by atomic mass is 10.00. The first kappa shape index (κ1) is 56.3. The second-order valence-corrected chi connectivity index (χ2v) is 17.1. The lowest BCUT2D eigenvalue weighted by Crippen LogP contribution is -2.53. The topological polar surface area (TPSA) is 110 Å². The van der Waals surface area contributed by atoms with Gasteiger partial charge in [0.15, 0.2) is 0 Å². The molecule has 4 atom stereocenters. The SMILES string of the molecule is CCCC/C=C/CC/C=C/CC/C=C/CCCC(O)C(O)C(CO)NC(=O)C(O)CCCCCCCCCCCCC/C=C\CCCCCCCCCCCCCC. The molecule has 5 N–H and O–H groups in total. The first-order chi connectivity index (χ1) is 28.5. The van der Waals surface area contributed by atoms with Gasteiger partial charge in [0.05, 0.1) is 18.8 Å². The molecule has 0 aliphatic heterocycles. The van der Waals surface area contributed by atoms with Crippen LogP contribution in [0.5, 0.6) is 0 Å². The summed E-state index contributed by atoms with van der Waals surface area (Å²) in [5.74, 6) is -0.600. The molecular weight excluding hydrogens is 719 g/mol. The second-order valence-electron chi connectivity index (χ2n) is 17.1. The number of rotatable bonds is 45. The zero-order valence-corrected chi connectivity index (χ0v) is 38.3. The van der Waals surface area contributed by atoms with Gasteiger partial charge in [-0.15, -0.1) is 0 Å². The van der Waals surface area contributed by atoms with E-state index in [-0.39, 0.29) is 0 Å². The van der Waals surface area contributed by atoms with Gasteiger partial charge >= 0.3 is 0 Å². The summed E-state index contributed by atoms with van der Waals surface area (Å²) >= 11 is 0. The maximum atomic E-state index is 12.5. The molecule has 0 aromatic carbocycles. The smallest absolute Gasteiger partial charge is 0.249 e. The van der Waals surface area contributed by atoms with Gasteiger partial charge < -0.3 is 25.7 Å². The molecule has 6 heteroatoms. The maximum Gasteiger partial charge on any atom is 0.249 e. The van der Waals surface area contributed by atoms with Crippen LogP contribution in [-0.2, 0) is 4.79 Å². The van der Waals surface area contributed by atoms with Crippen molar-refractivity contribution in [1.29, 1.82) is 0 Å². The number of hydrogen-bond acceptors (Lipinski definition) is 5. The summed E-state index contributed by atoms with van der Waals surface area (Å²) in [5.41, 5.74) is 0. The summed E-state index contributed by atoms with van der Waals surface area (Å²) in [4.78, 5) is 12.5. The lowest BCUT2D eigenvalue weighted by Gasteiger charge is -2.27. The van der Waals surface area contributed by atoms with E-state index in [4.69, 9.17) is 0 Å². The minimum atomic E-state index is -1.29. The molecule has 0 saturated carbocycles. The molecule has 6 nitrogen and oxygen atoms in total. The van der Waals surface area contributed by atoms with Crippen molar-refractivity contribution in [1.82, 2.24) is 5.32 Å². The first-order valence-corrected chi connectivity index (χ1v) is 25.0. The number of carbonyl (C=O) groups excluding carboxylic acids is 1. The van der Waals surface area contributed by atoms with Gasteiger partial charge in [0.2, 0.25) is 5.91 Å². The van der Waals surface area contributed by atoms with Gasteiger partial charge in [-0.1, -0.05) is 210 Å². The predicted molar refractivity (Wildman–Crippen MR) is 251 cm³/mol. The summed E-state index contributed by atoms with van der Waals surface area (Å²) in [6, 6.07) is -1.01. The Morgan fingerprint density at radius 3 is 1.14 bits per heavy atom. The monoisotopic (exact) mass is 816 g/mol. The molecule has 0 saturated heterocycles. The van der Waals surface area contributed by atoms with Crippen LogP contribution in [0.4, 0.5) is 0 Å². The van der Waals surface area contributed by atoms with Crippen LogP contribution in [0.1, 0.15) is 245 Å². The van der Waals surface area contributed by atoms with E-state index in [1.165, 1.54) is 161 Å². The largest absolute Gasteiger partial charge is 0.394 e. The molecule has 340 valence electrons. The molecule has 0 aliphatic rings. The van der Waals surface area contributed by atoms with Gasteiger partial charge in [-0.05, 0) is 83.5 Å². The van der Waals surface area contributed by atoms with Crippen LogP contribution in [0.25, 0.3) is 0 Å². The van der Waals surface area contributed by atoms with Crippen molar-refractivity contribution in [2.45, 2.75) is 269 Å². The fourth-order valence-electron chi connectivity index (χ4n) is 7.48. The summed E-state index contributed by atoms with van der Waals surface area (Å²) in [7, 11) is 0. The maximum absolute atomic E-state index is 12.5. The summed E-state index contributed by atoms with van der Waals surface area (Å²) in [6.07, 6.45) is 57.3. The van der Waals surface area contributed by atoms with Crippen LogP contribution in [-0.4, -0.2) is 57.3 Å². The summed E-state index contributed by atoms with van der Waals surface area (Å²) in [5, 5.41) is 43.7. The third-order valence-electron chi connectivity index (χ3n) is 11.5. The fraction of sp³-hybridized carbons (Fsp3) is 0.827. The minimum absolute atomic E-state index is 0.357. The summed E-state index contributed by atoms with van der Waals surface area (Å²) in [6.45, 7) is 4.00. The molecule has 0 aromatic rings. The van der Waals surface area contributed by atoms with Crippen molar-refractivity contribution in [2.75, 3.05) is 6.61 Å². The molecule has 4 unspecified atom stereocenters. The lowest BCUT2D eigenvalue weighted by molar-refractivity contribution is -0.132. The number of aliphatic hydroxyl groups is 4. The Kier molecular flexibility index (Phi) is 45.0. The molecule has 1 amide bonds. The number of hydrogen-bond donors (Lipinski definition) is 5. The van der Waals surface area contributed by atoms with E-state index in [1.807, 2.05) is 0 Å². The third-order valence-corrected chi connectivity index (χ3v) is 11.5. The molecule has 58 heavy (non-hydrogen) atoms. The zero-order valence-electron chi connectivity index (χ0n) is 38.3. The Labute approximate surface area is 359 Å². The average molecular weight is 816 g/mol. The zero-order chi connectivity index (χ0) is 42.4. The molecule has 0 aromatic heterocycles. The molecule has 0 spiro atoms. The van der Waals surface area contributed by atoms with Crippen LogP contribution < -0.4 is 5.32 Å². The Bertz CT molecular complexity index is 961. The number of amides is 1. The Balaban J connectivity index is 3.69.